The van der Waals surface area contributed by atoms with E-state index in [0.29, 0.717) is 5.41 Å². The molecule has 0 saturated heterocycles. The van der Waals surface area contributed by atoms with Gasteiger partial charge in [0, 0.05) is 6.61 Å². The summed E-state index contributed by atoms with van der Waals surface area (Å²) in [5.41, 5.74) is 0.315. The van der Waals surface area contributed by atoms with Crippen LogP contribution < -0.4 is 5.32 Å². The van der Waals surface area contributed by atoms with Crippen molar-refractivity contribution >= 4 is 0 Å². The molecule has 0 radical (unpaired) electrons. The highest BCUT2D eigenvalue weighted by Gasteiger charge is 2.16. The van der Waals surface area contributed by atoms with Crippen molar-refractivity contribution in [2.75, 3.05) is 26.3 Å². The third-order valence-electron chi connectivity index (χ3n) is 2.25. The van der Waals surface area contributed by atoms with Gasteiger partial charge in [-0.25, -0.2) is 0 Å². The average Bonchev–Trinajstić information content (AvgIpc) is 2.13. The van der Waals surface area contributed by atoms with Crippen LogP contribution >= 0.6 is 0 Å². The second kappa shape index (κ2) is 8.25. The summed E-state index contributed by atoms with van der Waals surface area (Å²) < 4.78 is 5.58. The molecule has 2 heteroatoms. The standard InChI is InChI=1S/C12H27NO/c1-5-8-13-9-7-12(3,4)11-14-10-6-2/h13H,5-11H2,1-4H3. The number of hydrogen-bond acceptors (Lipinski definition) is 2. The molecule has 0 aromatic heterocycles. The second-order valence-electron chi connectivity index (χ2n) is 4.72. The summed E-state index contributed by atoms with van der Waals surface area (Å²) in [6.45, 7) is 12.9. The van der Waals surface area contributed by atoms with Crippen molar-refractivity contribution in [1.29, 1.82) is 0 Å². The van der Waals surface area contributed by atoms with Gasteiger partial charge in [0.15, 0.2) is 0 Å². The lowest BCUT2D eigenvalue weighted by Crippen LogP contribution is -2.26. The van der Waals surface area contributed by atoms with Gasteiger partial charge in [0.05, 0.1) is 6.61 Å². The van der Waals surface area contributed by atoms with Gasteiger partial charge in [-0.05, 0) is 37.8 Å². The van der Waals surface area contributed by atoms with Gasteiger partial charge in [0.1, 0.15) is 0 Å². The van der Waals surface area contributed by atoms with Crippen LogP contribution in [0.2, 0.25) is 0 Å². The maximum Gasteiger partial charge on any atom is 0.0517 e. The van der Waals surface area contributed by atoms with Crippen LogP contribution in [0.3, 0.4) is 0 Å². The van der Waals surface area contributed by atoms with E-state index in [1.807, 2.05) is 0 Å². The molecular weight excluding hydrogens is 174 g/mol. The number of hydrogen-bond donors (Lipinski definition) is 1. The minimum Gasteiger partial charge on any atom is -0.381 e. The zero-order valence-electron chi connectivity index (χ0n) is 10.4. The molecule has 1 N–H and O–H groups in total. The Morgan fingerprint density at radius 2 is 1.79 bits per heavy atom. The molecule has 0 unspecified atom stereocenters. The Bertz CT molecular complexity index is 123. The molecule has 0 fully saturated rings. The van der Waals surface area contributed by atoms with Gasteiger partial charge in [-0.2, -0.15) is 0 Å². The van der Waals surface area contributed by atoms with Crippen molar-refractivity contribution in [3.63, 3.8) is 0 Å². The van der Waals surface area contributed by atoms with Gasteiger partial charge < -0.3 is 10.1 Å². The van der Waals surface area contributed by atoms with Crippen LogP contribution in [0, 0.1) is 5.41 Å². The van der Waals surface area contributed by atoms with E-state index < -0.39 is 0 Å². The molecule has 0 aliphatic rings. The lowest BCUT2D eigenvalue weighted by molar-refractivity contribution is 0.0583. The summed E-state index contributed by atoms with van der Waals surface area (Å²) in [5.74, 6) is 0. The van der Waals surface area contributed by atoms with Crippen molar-refractivity contribution in [1.82, 2.24) is 5.32 Å². The Morgan fingerprint density at radius 3 is 2.36 bits per heavy atom. The highest BCUT2D eigenvalue weighted by molar-refractivity contribution is 4.69. The summed E-state index contributed by atoms with van der Waals surface area (Å²) in [4.78, 5) is 0. The van der Waals surface area contributed by atoms with Crippen molar-refractivity contribution in [3.05, 3.63) is 0 Å². The first-order chi connectivity index (χ1) is 6.62. The quantitative estimate of drug-likeness (QED) is 0.579. The predicted octanol–water partition coefficient (Wildman–Crippen LogP) is 2.83. The highest BCUT2D eigenvalue weighted by atomic mass is 16.5. The highest BCUT2D eigenvalue weighted by Crippen LogP contribution is 2.19. The molecule has 0 heterocycles. The number of rotatable bonds is 9. The fourth-order valence-electron chi connectivity index (χ4n) is 1.29. The normalized spacial score (nSPS) is 12.0. The fraction of sp³-hybridized carbons (Fsp3) is 1.00. The maximum absolute atomic E-state index is 5.58. The molecule has 0 amide bonds. The van der Waals surface area contributed by atoms with Gasteiger partial charge in [-0.1, -0.05) is 27.7 Å². The van der Waals surface area contributed by atoms with Crippen molar-refractivity contribution < 1.29 is 4.74 Å². The van der Waals surface area contributed by atoms with Crippen LogP contribution in [0.5, 0.6) is 0 Å². The lowest BCUT2D eigenvalue weighted by atomic mass is 9.90. The first-order valence-electron chi connectivity index (χ1n) is 5.91. The zero-order valence-corrected chi connectivity index (χ0v) is 10.4. The first-order valence-corrected chi connectivity index (χ1v) is 5.91. The van der Waals surface area contributed by atoms with E-state index in [9.17, 15) is 0 Å². The number of ether oxygens (including phenoxy) is 1. The topological polar surface area (TPSA) is 21.3 Å². The summed E-state index contributed by atoms with van der Waals surface area (Å²) >= 11 is 0. The SMILES string of the molecule is CCCNCCC(C)(C)COCCC. The molecule has 86 valence electrons. The van der Waals surface area contributed by atoms with E-state index in [1.165, 1.54) is 12.8 Å². The molecule has 14 heavy (non-hydrogen) atoms. The Balaban J connectivity index is 3.40. The van der Waals surface area contributed by atoms with Crippen LogP contribution in [0.1, 0.15) is 47.0 Å². The molecule has 2 nitrogen and oxygen atoms in total. The van der Waals surface area contributed by atoms with Gasteiger partial charge in [-0.15, -0.1) is 0 Å². The first kappa shape index (κ1) is 13.9. The molecule has 0 aliphatic carbocycles. The van der Waals surface area contributed by atoms with Crippen molar-refractivity contribution in [3.8, 4) is 0 Å². The van der Waals surface area contributed by atoms with E-state index >= 15 is 0 Å². The third kappa shape index (κ3) is 8.52. The van der Waals surface area contributed by atoms with Gasteiger partial charge in [0.2, 0.25) is 0 Å². The molecular formula is C12H27NO. The molecule has 0 spiro atoms. The summed E-state index contributed by atoms with van der Waals surface area (Å²) in [6.07, 6.45) is 3.52. The van der Waals surface area contributed by atoms with Crippen molar-refractivity contribution in [2.24, 2.45) is 5.41 Å². The smallest absolute Gasteiger partial charge is 0.0517 e. The molecule has 0 bridgehead atoms. The van der Waals surface area contributed by atoms with Crippen molar-refractivity contribution in [2.45, 2.75) is 47.0 Å². The van der Waals surface area contributed by atoms with Crippen LogP contribution in [0.4, 0.5) is 0 Å². The maximum atomic E-state index is 5.58. The molecule has 0 saturated carbocycles. The third-order valence-corrected chi connectivity index (χ3v) is 2.25. The molecule has 0 rings (SSSR count). The monoisotopic (exact) mass is 201 g/mol. The Hall–Kier alpha value is -0.0800. The Morgan fingerprint density at radius 1 is 1.07 bits per heavy atom. The summed E-state index contributed by atoms with van der Waals surface area (Å²) in [6, 6.07) is 0. The minimum absolute atomic E-state index is 0.315. The summed E-state index contributed by atoms with van der Waals surface area (Å²) in [5, 5.41) is 3.43. The predicted molar refractivity (Wildman–Crippen MR) is 62.7 cm³/mol. The van der Waals surface area contributed by atoms with Crippen LogP contribution in [0.15, 0.2) is 0 Å². The molecule has 0 aromatic carbocycles. The number of nitrogens with one attached hydrogen (secondary N) is 1. The van der Waals surface area contributed by atoms with Crippen LogP contribution in [0.25, 0.3) is 0 Å². The van der Waals surface area contributed by atoms with E-state index in [1.54, 1.807) is 0 Å². The fourth-order valence-corrected chi connectivity index (χ4v) is 1.29. The van der Waals surface area contributed by atoms with Gasteiger partial charge in [0.25, 0.3) is 0 Å². The van der Waals surface area contributed by atoms with Gasteiger partial charge in [-0.3, -0.25) is 0 Å². The van der Waals surface area contributed by atoms with E-state index in [4.69, 9.17) is 4.74 Å². The average molecular weight is 201 g/mol. The molecule has 0 aromatic rings. The largest absolute Gasteiger partial charge is 0.381 e. The molecule has 0 atom stereocenters. The van der Waals surface area contributed by atoms with Crippen LogP contribution in [-0.4, -0.2) is 26.3 Å². The molecule has 0 aliphatic heterocycles. The minimum atomic E-state index is 0.315. The van der Waals surface area contributed by atoms with Gasteiger partial charge >= 0.3 is 0 Å². The lowest BCUT2D eigenvalue weighted by Gasteiger charge is -2.24. The van der Waals surface area contributed by atoms with E-state index in [0.717, 1.165) is 32.7 Å². The Labute approximate surface area is 89.4 Å². The van der Waals surface area contributed by atoms with E-state index in [-0.39, 0.29) is 0 Å². The van der Waals surface area contributed by atoms with E-state index in [2.05, 4.69) is 33.0 Å². The van der Waals surface area contributed by atoms with Crippen LogP contribution in [-0.2, 0) is 4.74 Å². The summed E-state index contributed by atoms with van der Waals surface area (Å²) in [7, 11) is 0. The second-order valence-corrected chi connectivity index (χ2v) is 4.72. The Kier molecular flexibility index (Phi) is 8.20. The zero-order chi connectivity index (χ0) is 10.9.